The van der Waals surface area contributed by atoms with Gasteiger partial charge in [0.05, 0.1) is 24.9 Å². The van der Waals surface area contributed by atoms with Crippen molar-refractivity contribution >= 4 is 0 Å². The van der Waals surface area contributed by atoms with E-state index in [1.165, 1.54) is 12.0 Å². The summed E-state index contributed by atoms with van der Waals surface area (Å²) in [5.74, 6) is 2.51. The number of allylic oxidation sites excluding steroid dienone is 1. The average Bonchev–Trinajstić information content (AvgIpc) is 3.26. The molecule has 4 heteroatoms. The van der Waals surface area contributed by atoms with E-state index < -0.39 is 5.60 Å². The van der Waals surface area contributed by atoms with E-state index in [2.05, 4.69) is 26.8 Å². The minimum absolute atomic E-state index is 0.0118. The molecule has 2 N–H and O–H groups in total. The lowest BCUT2D eigenvalue weighted by Crippen LogP contribution is -2.55. The molecule has 0 aromatic heterocycles. The van der Waals surface area contributed by atoms with Crippen molar-refractivity contribution in [1.82, 2.24) is 0 Å². The van der Waals surface area contributed by atoms with Crippen LogP contribution in [-0.4, -0.2) is 41.4 Å². The number of ether oxygens (including phenoxy) is 2. The van der Waals surface area contributed by atoms with Gasteiger partial charge >= 0.3 is 0 Å². The summed E-state index contributed by atoms with van der Waals surface area (Å²) in [7, 11) is 0. The van der Waals surface area contributed by atoms with Crippen molar-refractivity contribution in [3.63, 3.8) is 0 Å². The third-order valence-corrected chi connectivity index (χ3v) is 10.1. The van der Waals surface area contributed by atoms with Gasteiger partial charge in [-0.2, -0.15) is 0 Å². The fourth-order valence-electron chi connectivity index (χ4n) is 8.70. The highest BCUT2D eigenvalue weighted by Gasteiger charge is 2.65. The minimum Gasteiger partial charge on any atom is -0.393 e. The molecule has 0 radical (unpaired) electrons. The smallest absolute Gasteiger partial charge is 0.157 e. The first-order valence-corrected chi connectivity index (χ1v) is 12.1. The second kappa shape index (κ2) is 7.05. The Balaban J connectivity index is 1.40. The van der Waals surface area contributed by atoms with Gasteiger partial charge in [-0.15, -0.1) is 0 Å². The van der Waals surface area contributed by atoms with Crippen LogP contribution in [0.4, 0.5) is 0 Å². The van der Waals surface area contributed by atoms with E-state index in [0.717, 1.165) is 51.4 Å². The van der Waals surface area contributed by atoms with Gasteiger partial charge in [0.1, 0.15) is 0 Å². The van der Waals surface area contributed by atoms with Crippen molar-refractivity contribution in [1.29, 1.82) is 0 Å². The molecule has 8 unspecified atom stereocenters. The normalized spacial score (nSPS) is 52.6. The van der Waals surface area contributed by atoms with Crippen LogP contribution in [0.2, 0.25) is 0 Å². The van der Waals surface area contributed by atoms with Gasteiger partial charge in [-0.1, -0.05) is 32.4 Å². The van der Waals surface area contributed by atoms with Gasteiger partial charge < -0.3 is 19.7 Å². The Morgan fingerprint density at radius 3 is 2.66 bits per heavy atom. The standard InChI is InChI=1S/C25H40O4/c1-16-15-25(27,11-8-21-28-12-13-29-21)24(3)10-7-20-19(22(16)24)5-4-17-14-18(26)6-9-23(17,20)2/h4,16,18-22,26-27H,5-15H2,1-3H3. The van der Waals surface area contributed by atoms with Crippen LogP contribution in [0.25, 0.3) is 0 Å². The summed E-state index contributed by atoms with van der Waals surface area (Å²) in [5.41, 5.74) is 1.17. The SMILES string of the molecule is CC1CC(O)(CCC2OCCO2)C2(C)CCC3C(CC=C4CC(O)CCC43C)C12. The number of hydrogen-bond acceptors (Lipinski definition) is 4. The molecule has 4 aliphatic carbocycles. The lowest BCUT2D eigenvalue weighted by atomic mass is 9.46. The summed E-state index contributed by atoms with van der Waals surface area (Å²) in [6.45, 7) is 8.62. The van der Waals surface area contributed by atoms with Crippen LogP contribution in [0, 0.1) is 34.5 Å². The first kappa shape index (κ1) is 20.5. The van der Waals surface area contributed by atoms with Crippen LogP contribution in [0.3, 0.4) is 0 Å². The highest BCUT2D eigenvalue weighted by atomic mass is 16.7. The monoisotopic (exact) mass is 404 g/mol. The van der Waals surface area contributed by atoms with E-state index in [-0.39, 0.29) is 23.2 Å². The largest absolute Gasteiger partial charge is 0.393 e. The second-order valence-corrected chi connectivity index (χ2v) is 11.5. The third kappa shape index (κ3) is 3.00. The molecule has 0 aromatic rings. The van der Waals surface area contributed by atoms with Crippen molar-refractivity contribution in [2.24, 2.45) is 34.5 Å². The maximum absolute atomic E-state index is 11.9. The molecule has 1 heterocycles. The zero-order valence-corrected chi connectivity index (χ0v) is 18.5. The molecule has 4 fully saturated rings. The van der Waals surface area contributed by atoms with Gasteiger partial charge in [0.2, 0.25) is 0 Å². The van der Waals surface area contributed by atoms with Gasteiger partial charge in [0.15, 0.2) is 6.29 Å². The highest BCUT2D eigenvalue weighted by Crippen LogP contribution is 2.69. The summed E-state index contributed by atoms with van der Waals surface area (Å²) in [5, 5.41) is 22.2. The molecule has 3 saturated carbocycles. The Kier molecular flexibility index (Phi) is 4.98. The van der Waals surface area contributed by atoms with Gasteiger partial charge in [-0.25, -0.2) is 0 Å². The summed E-state index contributed by atoms with van der Waals surface area (Å²) in [6, 6.07) is 0. The summed E-state index contributed by atoms with van der Waals surface area (Å²) in [6.07, 6.45) is 11.1. The van der Waals surface area contributed by atoms with E-state index in [4.69, 9.17) is 9.47 Å². The first-order valence-electron chi connectivity index (χ1n) is 12.1. The first-order chi connectivity index (χ1) is 13.8. The number of fused-ring (bicyclic) bond motifs is 5. The Labute approximate surface area is 176 Å². The average molecular weight is 405 g/mol. The fraction of sp³-hybridized carbons (Fsp3) is 0.920. The molecule has 0 spiro atoms. The molecule has 29 heavy (non-hydrogen) atoms. The van der Waals surface area contributed by atoms with Crippen LogP contribution >= 0.6 is 0 Å². The zero-order valence-electron chi connectivity index (χ0n) is 18.5. The molecule has 0 bridgehead atoms. The van der Waals surface area contributed by atoms with E-state index in [0.29, 0.717) is 36.9 Å². The predicted octanol–water partition coefficient (Wildman–Crippen LogP) is 4.44. The molecular formula is C25H40O4. The molecule has 8 atom stereocenters. The highest BCUT2D eigenvalue weighted by molar-refractivity contribution is 5.26. The van der Waals surface area contributed by atoms with Crippen molar-refractivity contribution in [3.8, 4) is 0 Å². The second-order valence-electron chi connectivity index (χ2n) is 11.5. The van der Waals surface area contributed by atoms with E-state index in [9.17, 15) is 10.2 Å². The van der Waals surface area contributed by atoms with Crippen LogP contribution in [0.5, 0.6) is 0 Å². The molecule has 0 amide bonds. The topological polar surface area (TPSA) is 58.9 Å². The number of rotatable bonds is 3. The van der Waals surface area contributed by atoms with Crippen LogP contribution in [0.1, 0.15) is 78.6 Å². The van der Waals surface area contributed by atoms with Gasteiger partial charge in [0, 0.05) is 6.42 Å². The van der Waals surface area contributed by atoms with E-state index >= 15 is 0 Å². The summed E-state index contributed by atoms with van der Waals surface area (Å²) in [4.78, 5) is 0. The minimum atomic E-state index is -0.606. The van der Waals surface area contributed by atoms with Crippen LogP contribution < -0.4 is 0 Å². The zero-order chi connectivity index (χ0) is 20.4. The maximum Gasteiger partial charge on any atom is 0.157 e. The van der Waals surface area contributed by atoms with Crippen LogP contribution in [-0.2, 0) is 9.47 Å². The Bertz CT molecular complexity index is 670. The number of hydrogen-bond donors (Lipinski definition) is 2. The quantitative estimate of drug-likeness (QED) is 0.683. The predicted molar refractivity (Wildman–Crippen MR) is 112 cm³/mol. The Hall–Kier alpha value is -0.420. The Morgan fingerprint density at radius 1 is 1.14 bits per heavy atom. The molecular weight excluding hydrogens is 364 g/mol. The number of aliphatic hydroxyl groups is 2. The lowest BCUT2D eigenvalue weighted by molar-refractivity contribution is -0.141. The molecule has 164 valence electrons. The van der Waals surface area contributed by atoms with E-state index in [1.807, 2.05) is 0 Å². The maximum atomic E-state index is 11.9. The van der Waals surface area contributed by atoms with E-state index in [1.54, 1.807) is 0 Å². The van der Waals surface area contributed by atoms with Gasteiger partial charge in [0.25, 0.3) is 0 Å². The molecule has 1 saturated heterocycles. The Morgan fingerprint density at radius 2 is 1.90 bits per heavy atom. The molecule has 0 aromatic carbocycles. The van der Waals surface area contributed by atoms with Crippen molar-refractivity contribution in [2.75, 3.05) is 13.2 Å². The molecule has 1 aliphatic heterocycles. The number of aliphatic hydroxyl groups excluding tert-OH is 1. The van der Waals surface area contributed by atoms with Crippen molar-refractivity contribution in [3.05, 3.63) is 11.6 Å². The summed E-state index contributed by atoms with van der Waals surface area (Å²) >= 11 is 0. The van der Waals surface area contributed by atoms with Gasteiger partial charge in [-0.05, 0) is 85.9 Å². The molecule has 5 aliphatic rings. The molecule has 4 nitrogen and oxygen atoms in total. The third-order valence-electron chi connectivity index (χ3n) is 10.1. The molecule has 5 rings (SSSR count). The van der Waals surface area contributed by atoms with Gasteiger partial charge in [-0.3, -0.25) is 0 Å². The van der Waals surface area contributed by atoms with Crippen LogP contribution in [0.15, 0.2) is 11.6 Å². The van der Waals surface area contributed by atoms with Crippen molar-refractivity contribution in [2.45, 2.75) is 96.6 Å². The fourth-order valence-corrected chi connectivity index (χ4v) is 8.70. The van der Waals surface area contributed by atoms with Crippen molar-refractivity contribution < 1.29 is 19.7 Å². The summed E-state index contributed by atoms with van der Waals surface area (Å²) < 4.78 is 11.3. The lowest BCUT2D eigenvalue weighted by Gasteiger charge is -2.59.